The molecule has 2 amide bonds. The Morgan fingerprint density at radius 3 is 2.34 bits per heavy atom. The van der Waals surface area contributed by atoms with Gasteiger partial charge in [-0.05, 0) is 44.7 Å². The third-order valence-electron chi connectivity index (χ3n) is 5.15. The summed E-state index contributed by atoms with van der Waals surface area (Å²) in [6.07, 6.45) is 2.64. The number of para-hydroxylation sites is 1. The largest absolute Gasteiger partial charge is 0.466 e. The number of hydrogen-bond acceptors (Lipinski definition) is 5. The van der Waals surface area contributed by atoms with Crippen molar-refractivity contribution >= 4 is 23.5 Å². The standard InChI is InChI=1S/C22H33N3O4/c1-5-29-21(28)12-13-24(4)20(27)11-14-25(18-9-10-18)15-19(26)23-22-16(2)7-6-8-17(22)3/h6-8,18H,5,9-15H2,1-4H3,(H,23,26). The van der Waals surface area contributed by atoms with Gasteiger partial charge in [-0.1, -0.05) is 18.2 Å². The van der Waals surface area contributed by atoms with E-state index in [1.165, 1.54) is 0 Å². The van der Waals surface area contributed by atoms with E-state index < -0.39 is 0 Å². The van der Waals surface area contributed by atoms with Gasteiger partial charge in [0.1, 0.15) is 0 Å². The van der Waals surface area contributed by atoms with E-state index in [-0.39, 0.29) is 30.7 Å². The minimum atomic E-state index is -0.296. The molecule has 0 heterocycles. The van der Waals surface area contributed by atoms with Crippen LogP contribution in [-0.4, -0.2) is 66.9 Å². The van der Waals surface area contributed by atoms with Crippen molar-refractivity contribution in [1.82, 2.24) is 9.80 Å². The average molecular weight is 404 g/mol. The molecule has 0 atom stereocenters. The van der Waals surface area contributed by atoms with Crippen molar-refractivity contribution in [2.45, 2.75) is 52.5 Å². The molecule has 1 aromatic carbocycles. The molecule has 0 aliphatic heterocycles. The predicted molar refractivity (Wildman–Crippen MR) is 113 cm³/mol. The van der Waals surface area contributed by atoms with Crippen LogP contribution in [-0.2, 0) is 19.1 Å². The second-order valence-electron chi connectivity index (χ2n) is 7.64. The molecule has 0 aromatic heterocycles. The van der Waals surface area contributed by atoms with Gasteiger partial charge in [0.2, 0.25) is 11.8 Å². The van der Waals surface area contributed by atoms with Crippen LogP contribution < -0.4 is 5.32 Å². The minimum Gasteiger partial charge on any atom is -0.466 e. The topological polar surface area (TPSA) is 79.0 Å². The van der Waals surface area contributed by atoms with E-state index in [0.29, 0.717) is 32.2 Å². The van der Waals surface area contributed by atoms with E-state index in [2.05, 4.69) is 10.2 Å². The van der Waals surface area contributed by atoms with E-state index in [1.54, 1.807) is 18.9 Å². The molecule has 0 spiro atoms. The lowest BCUT2D eigenvalue weighted by atomic mass is 10.1. The summed E-state index contributed by atoms with van der Waals surface area (Å²) < 4.78 is 4.89. The Balaban J connectivity index is 1.82. The summed E-state index contributed by atoms with van der Waals surface area (Å²) in [5.41, 5.74) is 2.94. The summed E-state index contributed by atoms with van der Waals surface area (Å²) in [4.78, 5) is 40.0. The van der Waals surface area contributed by atoms with Crippen molar-refractivity contribution in [3.8, 4) is 0 Å². The van der Waals surface area contributed by atoms with E-state index in [0.717, 1.165) is 29.7 Å². The van der Waals surface area contributed by atoms with Gasteiger partial charge < -0.3 is 15.0 Å². The molecule has 160 valence electrons. The van der Waals surface area contributed by atoms with Crippen molar-refractivity contribution in [3.05, 3.63) is 29.3 Å². The predicted octanol–water partition coefficient (Wildman–Crippen LogP) is 2.51. The van der Waals surface area contributed by atoms with Gasteiger partial charge in [-0.25, -0.2) is 0 Å². The summed E-state index contributed by atoms with van der Waals surface area (Å²) in [5, 5.41) is 3.02. The van der Waals surface area contributed by atoms with Crippen LogP contribution in [0.2, 0.25) is 0 Å². The summed E-state index contributed by atoms with van der Waals surface area (Å²) >= 11 is 0. The van der Waals surface area contributed by atoms with Crippen molar-refractivity contribution in [2.24, 2.45) is 0 Å². The maximum absolute atomic E-state index is 12.6. The van der Waals surface area contributed by atoms with Crippen LogP contribution in [0.5, 0.6) is 0 Å². The molecule has 0 bridgehead atoms. The van der Waals surface area contributed by atoms with Gasteiger partial charge in [0.05, 0.1) is 19.6 Å². The second kappa shape index (κ2) is 11.0. The van der Waals surface area contributed by atoms with Gasteiger partial charge in [-0.15, -0.1) is 0 Å². The number of amides is 2. The molecule has 7 nitrogen and oxygen atoms in total. The summed E-state index contributed by atoms with van der Waals surface area (Å²) in [7, 11) is 1.69. The summed E-state index contributed by atoms with van der Waals surface area (Å²) in [6, 6.07) is 6.30. The number of carbonyl (C=O) groups excluding carboxylic acids is 3. The molecule has 1 saturated carbocycles. The van der Waals surface area contributed by atoms with Crippen LogP contribution in [0.25, 0.3) is 0 Å². The Kier molecular flexibility index (Phi) is 8.64. The molecular formula is C22H33N3O4. The first-order valence-electron chi connectivity index (χ1n) is 10.3. The van der Waals surface area contributed by atoms with Crippen molar-refractivity contribution in [3.63, 3.8) is 0 Å². The summed E-state index contributed by atoms with van der Waals surface area (Å²) in [6.45, 7) is 7.21. The molecule has 1 aromatic rings. The van der Waals surface area contributed by atoms with Crippen LogP contribution in [0, 0.1) is 13.8 Å². The fraction of sp³-hybridized carbons (Fsp3) is 0.591. The number of carbonyl (C=O) groups is 3. The van der Waals surface area contributed by atoms with Crippen LogP contribution in [0.3, 0.4) is 0 Å². The average Bonchev–Trinajstić information content (AvgIpc) is 3.51. The Morgan fingerprint density at radius 2 is 1.76 bits per heavy atom. The van der Waals surface area contributed by atoms with E-state index in [9.17, 15) is 14.4 Å². The molecule has 29 heavy (non-hydrogen) atoms. The van der Waals surface area contributed by atoms with Crippen LogP contribution >= 0.6 is 0 Å². The minimum absolute atomic E-state index is 0.0323. The highest BCUT2D eigenvalue weighted by atomic mass is 16.5. The Morgan fingerprint density at radius 1 is 1.10 bits per heavy atom. The quantitative estimate of drug-likeness (QED) is 0.575. The van der Waals surface area contributed by atoms with Crippen molar-refractivity contribution in [1.29, 1.82) is 0 Å². The number of nitrogens with one attached hydrogen (secondary N) is 1. The third-order valence-corrected chi connectivity index (χ3v) is 5.15. The van der Waals surface area contributed by atoms with E-state index in [1.807, 2.05) is 32.0 Å². The molecule has 1 aliphatic carbocycles. The fourth-order valence-electron chi connectivity index (χ4n) is 3.25. The molecule has 0 radical (unpaired) electrons. The maximum Gasteiger partial charge on any atom is 0.307 e. The number of ether oxygens (including phenoxy) is 1. The molecule has 1 fully saturated rings. The zero-order valence-corrected chi connectivity index (χ0v) is 18.0. The smallest absolute Gasteiger partial charge is 0.307 e. The van der Waals surface area contributed by atoms with Gasteiger partial charge >= 0.3 is 5.97 Å². The van der Waals surface area contributed by atoms with Crippen molar-refractivity contribution in [2.75, 3.05) is 38.6 Å². The van der Waals surface area contributed by atoms with Gasteiger partial charge in [0.25, 0.3) is 0 Å². The molecule has 1 aliphatic rings. The van der Waals surface area contributed by atoms with Crippen LogP contribution in [0.1, 0.15) is 43.7 Å². The molecule has 1 N–H and O–H groups in total. The van der Waals surface area contributed by atoms with Crippen molar-refractivity contribution < 1.29 is 19.1 Å². The Bertz CT molecular complexity index is 711. The lowest BCUT2D eigenvalue weighted by molar-refractivity contribution is -0.144. The lowest BCUT2D eigenvalue weighted by Crippen LogP contribution is -2.38. The first kappa shape index (κ1) is 22.9. The fourth-order valence-corrected chi connectivity index (χ4v) is 3.25. The second-order valence-corrected chi connectivity index (χ2v) is 7.64. The number of hydrogen-bond donors (Lipinski definition) is 1. The van der Waals surface area contributed by atoms with Gasteiger partial charge in [-0.2, -0.15) is 0 Å². The van der Waals surface area contributed by atoms with Crippen LogP contribution in [0.4, 0.5) is 5.69 Å². The molecular weight excluding hydrogens is 370 g/mol. The zero-order chi connectivity index (χ0) is 21.4. The monoisotopic (exact) mass is 403 g/mol. The van der Waals surface area contributed by atoms with Crippen LogP contribution in [0.15, 0.2) is 18.2 Å². The summed E-state index contributed by atoms with van der Waals surface area (Å²) in [5.74, 6) is -0.387. The number of benzene rings is 1. The Labute approximate surface area is 173 Å². The number of anilines is 1. The van der Waals surface area contributed by atoms with E-state index in [4.69, 9.17) is 4.74 Å². The number of nitrogens with zero attached hydrogens (tertiary/aromatic N) is 2. The normalized spacial score (nSPS) is 13.3. The van der Waals surface area contributed by atoms with Gasteiger partial charge in [0.15, 0.2) is 0 Å². The molecule has 7 heteroatoms. The number of aryl methyl sites for hydroxylation is 2. The number of rotatable bonds is 11. The van der Waals surface area contributed by atoms with Gasteiger partial charge in [-0.3, -0.25) is 19.3 Å². The maximum atomic E-state index is 12.6. The third kappa shape index (κ3) is 7.49. The molecule has 0 unspecified atom stereocenters. The SMILES string of the molecule is CCOC(=O)CCN(C)C(=O)CCN(CC(=O)Nc1c(C)cccc1C)C1CC1. The first-order chi connectivity index (χ1) is 13.8. The molecule has 0 saturated heterocycles. The highest BCUT2D eigenvalue weighted by Gasteiger charge is 2.30. The van der Waals surface area contributed by atoms with E-state index >= 15 is 0 Å². The zero-order valence-electron chi connectivity index (χ0n) is 18.0. The molecule has 2 rings (SSSR count). The lowest BCUT2D eigenvalue weighted by Gasteiger charge is -2.23. The number of esters is 1. The first-order valence-corrected chi connectivity index (χ1v) is 10.3. The highest BCUT2D eigenvalue weighted by molar-refractivity contribution is 5.93. The highest BCUT2D eigenvalue weighted by Crippen LogP contribution is 2.27. The Hall–Kier alpha value is -2.41. The van der Waals surface area contributed by atoms with Gasteiger partial charge in [0, 0.05) is 38.3 Å².